The van der Waals surface area contributed by atoms with Crippen LogP contribution in [-0.4, -0.2) is 28.7 Å². The van der Waals surface area contributed by atoms with E-state index in [2.05, 4.69) is 4.98 Å². The molecule has 0 bridgehead atoms. The van der Waals surface area contributed by atoms with Gasteiger partial charge < -0.3 is 4.98 Å². The molecule has 1 aliphatic carbocycles. The molecule has 4 rings (SSSR count). The summed E-state index contributed by atoms with van der Waals surface area (Å²) >= 11 is 0. The molecule has 2 aromatic rings. The zero-order valence-electron chi connectivity index (χ0n) is 10.9. The van der Waals surface area contributed by atoms with Crippen LogP contribution in [0.1, 0.15) is 23.6 Å². The summed E-state index contributed by atoms with van der Waals surface area (Å²) in [6.07, 6.45) is 1.39. The number of benzene rings is 1. The number of nitrogens with zero attached hydrogens (tertiary/aromatic N) is 1. The number of amides is 2. The van der Waals surface area contributed by atoms with Crippen molar-refractivity contribution >= 4 is 22.7 Å². The number of aromatic amines is 1. The van der Waals surface area contributed by atoms with Crippen molar-refractivity contribution in [1.82, 2.24) is 9.88 Å². The quantitative estimate of drug-likeness (QED) is 0.745. The van der Waals surface area contributed by atoms with Crippen LogP contribution in [0.3, 0.4) is 0 Å². The van der Waals surface area contributed by atoms with Crippen LogP contribution in [-0.2, 0) is 16.0 Å². The summed E-state index contributed by atoms with van der Waals surface area (Å²) in [4.78, 5) is 28.9. The standard InChI is InChI=1S/C15H13FN2O2/c1-18-14(19)9-4-5-10-12(13(9)15(18)20)8-3-2-7(16)6-11(8)17-10/h2-3,6,9,13,17H,4-5H2,1H3/t9-,13-/m1/s1. The highest BCUT2D eigenvalue weighted by Crippen LogP contribution is 2.45. The number of carbonyl (C=O) groups excluding carboxylic acids is 2. The van der Waals surface area contributed by atoms with Crippen LogP contribution in [0.4, 0.5) is 4.39 Å². The van der Waals surface area contributed by atoms with E-state index in [0.717, 1.165) is 23.1 Å². The third kappa shape index (κ3) is 1.30. The predicted molar refractivity (Wildman–Crippen MR) is 70.6 cm³/mol. The molecule has 20 heavy (non-hydrogen) atoms. The monoisotopic (exact) mass is 272 g/mol. The van der Waals surface area contributed by atoms with Crippen molar-refractivity contribution in [2.45, 2.75) is 18.8 Å². The van der Waals surface area contributed by atoms with Gasteiger partial charge in [0, 0.05) is 23.6 Å². The number of aromatic nitrogens is 1. The average Bonchev–Trinajstić information content (AvgIpc) is 2.89. The topological polar surface area (TPSA) is 53.2 Å². The molecule has 2 amide bonds. The summed E-state index contributed by atoms with van der Waals surface area (Å²) in [5, 5.41) is 0.854. The highest BCUT2D eigenvalue weighted by molar-refractivity contribution is 6.09. The lowest BCUT2D eigenvalue weighted by atomic mass is 9.78. The molecule has 1 saturated heterocycles. The maximum Gasteiger partial charge on any atom is 0.237 e. The van der Waals surface area contributed by atoms with E-state index in [1.165, 1.54) is 24.1 Å². The number of likely N-dealkylation sites (tertiary alicyclic amines) is 1. The van der Waals surface area contributed by atoms with Crippen LogP contribution in [0.2, 0.25) is 0 Å². The fraction of sp³-hybridized carbons (Fsp3) is 0.333. The van der Waals surface area contributed by atoms with Crippen molar-refractivity contribution in [3.05, 3.63) is 35.3 Å². The van der Waals surface area contributed by atoms with E-state index < -0.39 is 5.92 Å². The molecular formula is C15H13FN2O2. The molecule has 2 heterocycles. The molecule has 1 aromatic heterocycles. The van der Waals surface area contributed by atoms with Crippen molar-refractivity contribution in [3.63, 3.8) is 0 Å². The Bertz CT molecular complexity index is 765. The zero-order chi connectivity index (χ0) is 14.0. The number of hydrogen-bond acceptors (Lipinski definition) is 2. The van der Waals surface area contributed by atoms with E-state index in [9.17, 15) is 14.0 Å². The van der Waals surface area contributed by atoms with Gasteiger partial charge in [-0.05, 0) is 36.6 Å². The Morgan fingerprint density at radius 3 is 2.90 bits per heavy atom. The van der Waals surface area contributed by atoms with Gasteiger partial charge in [-0.1, -0.05) is 0 Å². The third-order valence-corrected chi connectivity index (χ3v) is 4.55. The van der Waals surface area contributed by atoms with Crippen molar-refractivity contribution in [2.75, 3.05) is 7.05 Å². The molecule has 0 spiro atoms. The average molecular weight is 272 g/mol. The van der Waals surface area contributed by atoms with Gasteiger partial charge >= 0.3 is 0 Å². The molecule has 0 saturated carbocycles. The molecule has 102 valence electrons. The number of H-pyrrole nitrogens is 1. The van der Waals surface area contributed by atoms with Gasteiger partial charge in [-0.3, -0.25) is 14.5 Å². The smallest absolute Gasteiger partial charge is 0.237 e. The predicted octanol–water partition coefficient (Wildman–Crippen LogP) is 1.95. The molecule has 1 aliphatic heterocycles. The first kappa shape index (κ1) is 11.6. The minimum atomic E-state index is -0.407. The van der Waals surface area contributed by atoms with Crippen LogP contribution >= 0.6 is 0 Å². The van der Waals surface area contributed by atoms with E-state index in [4.69, 9.17) is 0 Å². The number of nitrogens with one attached hydrogen (secondary N) is 1. The number of aryl methyl sites for hydroxylation is 1. The number of fused-ring (bicyclic) bond motifs is 5. The Morgan fingerprint density at radius 1 is 1.30 bits per heavy atom. The van der Waals surface area contributed by atoms with Crippen molar-refractivity contribution in [1.29, 1.82) is 0 Å². The van der Waals surface area contributed by atoms with Gasteiger partial charge in [-0.25, -0.2) is 4.39 Å². The van der Waals surface area contributed by atoms with Crippen molar-refractivity contribution in [2.24, 2.45) is 5.92 Å². The van der Waals surface area contributed by atoms with Crippen LogP contribution in [0, 0.1) is 11.7 Å². The fourth-order valence-corrected chi connectivity index (χ4v) is 3.59. The Morgan fingerprint density at radius 2 is 2.10 bits per heavy atom. The molecule has 2 aliphatic rings. The largest absolute Gasteiger partial charge is 0.358 e. The number of likely N-dealkylation sites (N-methyl/N-ethyl adjacent to an activating group) is 1. The van der Waals surface area contributed by atoms with Crippen LogP contribution in [0.25, 0.3) is 10.9 Å². The van der Waals surface area contributed by atoms with Crippen LogP contribution < -0.4 is 0 Å². The Hall–Kier alpha value is -2.17. The summed E-state index contributed by atoms with van der Waals surface area (Å²) in [6.45, 7) is 0. The Balaban J connectivity index is 1.98. The SMILES string of the molecule is CN1C(=O)[C@@H]2CCc3[nH]c4cc(F)ccc4c3[C@@H]2C1=O. The fourth-order valence-electron chi connectivity index (χ4n) is 3.59. The van der Waals surface area contributed by atoms with Gasteiger partial charge in [0.2, 0.25) is 11.8 Å². The van der Waals surface area contributed by atoms with Gasteiger partial charge in [0.1, 0.15) is 5.82 Å². The second-order valence-electron chi connectivity index (χ2n) is 5.57. The van der Waals surface area contributed by atoms with Gasteiger partial charge in [-0.15, -0.1) is 0 Å². The summed E-state index contributed by atoms with van der Waals surface area (Å²) in [6, 6.07) is 4.52. The van der Waals surface area contributed by atoms with Crippen molar-refractivity contribution in [3.8, 4) is 0 Å². The van der Waals surface area contributed by atoms with E-state index in [1.807, 2.05) is 0 Å². The lowest BCUT2D eigenvalue weighted by Gasteiger charge is -2.21. The molecule has 2 atom stereocenters. The van der Waals surface area contributed by atoms with Gasteiger partial charge in [-0.2, -0.15) is 0 Å². The van der Waals surface area contributed by atoms with Gasteiger partial charge in [0.15, 0.2) is 0 Å². The number of rotatable bonds is 0. The van der Waals surface area contributed by atoms with Crippen LogP contribution in [0.5, 0.6) is 0 Å². The molecule has 1 aromatic carbocycles. The highest BCUT2D eigenvalue weighted by Gasteiger charge is 2.49. The first-order valence-electron chi connectivity index (χ1n) is 6.69. The molecule has 5 heteroatoms. The van der Waals surface area contributed by atoms with E-state index in [1.54, 1.807) is 6.07 Å². The van der Waals surface area contributed by atoms with E-state index >= 15 is 0 Å². The molecule has 1 fully saturated rings. The maximum atomic E-state index is 13.3. The Labute approximate surface area is 114 Å². The first-order valence-corrected chi connectivity index (χ1v) is 6.69. The summed E-state index contributed by atoms with van der Waals surface area (Å²) in [7, 11) is 1.54. The highest BCUT2D eigenvalue weighted by atomic mass is 19.1. The zero-order valence-corrected chi connectivity index (χ0v) is 10.9. The first-order chi connectivity index (χ1) is 9.58. The minimum absolute atomic E-state index is 0.0953. The summed E-state index contributed by atoms with van der Waals surface area (Å²) < 4.78 is 13.3. The van der Waals surface area contributed by atoms with Crippen molar-refractivity contribution < 1.29 is 14.0 Å². The lowest BCUT2D eigenvalue weighted by Crippen LogP contribution is -2.25. The van der Waals surface area contributed by atoms with Gasteiger partial charge in [0.25, 0.3) is 0 Å². The third-order valence-electron chi connectivity index (χ3n) is 4.55. The molecule has 4 nitrogen and oxygen atoms in total. The summed E-state index contributed by atoms with van der Waals surface area (Å²) in [5.74, 6) is -1.22. The normalized spacial score (nSPS) is 25.2. The second kappa shape index (κ2) is 3.69. The number of imide groups is 1. The maximum absolute atomic E-state index is 13.3. The number of halogens is 1. The minimum Gasteiger partial charge on any atom is -0.358 e. The van der Waals surface area contributed by atoms with E-state index in [0.29, 0.717) is 11.9 Å². The van der Waals surface area contributed by atoms with E-state index in [-0.39, 0.29) is 23.5 Å². The summed E-state index contributed by atoms with van der Waals surface area (Å²) in [5.41, 5.74) is 2.55. The molecular weight excluding hydrogens is 259 g/mol. The van der Waals surface area contributed by atoms with Gasteiger partial charge in [0.05, 0.1) is 11.8 Å². The number of carbonyl (C=O) groups is 2. The molecule has 1 N–H and O–H groups in total. The van der Waals surface area contributed by atoms with Crippen LogP contribution in [0.15, 0.2) is 18.2 Å². The lowest BCUT2D eigenvalue weighted by molar-refractivity contribution is -0.137. The molecule has 0 unspecified atom stereocenters. The number of hydrogen-bond donors (Lipinski definition) is 1. The Kier molecular flexibility index (Phi) is 2.14. The molecule has 0 radical (unpaired) electrons. The second-order valence-corrected chi connectivity index (χ2v) is 5.57.